The predicted octanol–water partition coefficient (Wildman–Crippen LogP) is 2.56. The Labute approximate surface area is 275 Å². The molecule has 6 rings (SSSR count). The van der Waals surface area contributed by atoms with Gasteiger partial charge in [0.25, 0.3) is 0 Å². The van der Waals surface area contributed by atoms with Crippen molar-refractivity contribution in [3.8, 4) is 0 Å². The van der Waals surface area contributed by atoms with Gasteiger partial charge in [0, 0.05) is 49.1 Å². The van der Waals surface area contributed by atoms with E-state index in [1.807, 2.05) is 60.8 Å². The van der Waals surface area contributed by atoms with Gasteiger partial charge in [-0.05, 0) is 37.0 Å². The zero-order chi connectivity index (χ0) is 32.9. The smallest absolute Gasteiger partial charge is 0.246 e. The van der Waals surface area contributed by atoms with Crippen LogP contribution in [0.25, 0.3) is 10.9 Å². The number of fused-ring (bicyclic) bond motifs is 2. The topological polar surface area (TPSA) is 147 Å². The molecule has 250 valence electrons. The van der Waals surface area contributed by atoms with Crippen molar-refractivity contribution in [2.45, 2.75) is 94.6 Å². The summed E-state index contributed by atoms with van der Waals surface area (Å²) in [5, 5.41) is 20.6. The summed E-state index contributed by atoms with van der Waals surface area (Å²) in [4.78, 5) is 62.3. The van der Waals surface area contributed by atoms with Crippen molar-refractivity contribution in [2.75, 3.05) is 19.6 Å². The molecule has 4 amide bonds. The lowest BCUT2D eigenvalue weighted by atomic mass is 10.0. The molecule has 1 saturated carbocycles. The molecule has 1 aliphatic carbocycles. The lowest BCUT2D eigenvalue weighted by molar-refractivity contribution is -0.142. The number of aliphatic hydroxyl groups excluding tert-OH is 1. The maximum Gasteiger partial charge on any atom is 0.246 e. The zero-order valence-electron chi connectivity index (χ0n) is 27.0. The first kappa shape index (κ1) is 32.7. The summed E-state index contributed by atoms with van der Waals surface area (Å²) in [6, 6.07) is 14.3. The molecular weight excluding hydrogens is 596 g/mol. The van der Waals surface area contributed by atoms with Crippen LogP contribution in [0, 0.1) is 0 Å². The van der Waals surface area contributed by atoms with Crippen LogP contribution in [0.4, 0.5) is 0 Å². The minimum Gasteiger partial charge on any atom is -0.391 e. The number of aliphatic hydroxyl groups is 1. The number of H-pyrrole nitrogens is 1. The van der Waals surface area contributed by atoms with Gasteiger partial charge in [0.1, 0.15) is 18.1 Å². The van der Waals surface area contributed by atoms with Gasteiger partial charge in [-0.25, -0.2) is 0 Å². The second-order valence-corrected chi connectivity index (χ2v) is 13.4. The molecule has 3 aliphatic rings. The van der Waals surface area contributed by atoms with Gasteiger partial charge in [-0.2, -0.15) is 0 Å². The number of amides is 4. The van der Waals surface area contributed by atoms with Crippen LogP contribution in [0.2, 0.25) is 0 Å². The number of aromatic nitrogens is 1. The second kappa shape index (κ2) is 14.7. The third kappa shape index (κ3) is 7.68. The van der Waals surface area contributed by atoms with E-state index in [9.17, 15) is 24.3 Å². The number of nitrogens with zero attached hydrogens (tertiary/aromatic N) is 2. The summed E-state index contributed by atoms with van der Waals surface area (Å²) < 4.78 is 0. The number of para-hydroxylation sites is 1. The number of hydrogen-bond acceptors (Lipinski definition) is 6. The molecule has 47 heavy (non-hydrogen) atoms. The fraction of sp³-hybridized carbons (Fsp3) is 0.500. The van der Waals surface area contributed by atoms with Gasteiger partial charge in [-0.1, -0.05) is 74.2 Å². The van der Waals surface area contributed by atoms with E-state index in [-0.39, 0.29) is 43.8 Å². The van der Waals surface area contributed by atoms with Crippen molar-refractivity contribution in [3.63, 3.8) is 0 Å². The third-order valence-electron chi connectivity index (χ3n) is 9.97. The van der Waals surface area contributed by atoms with Gasteiger partial charge in [-0.3, -0.25) is 24.1 Å². The first-order valence-corrected chi connectivity index (χ1v) is 17.0. The normalized spacial score (nSPS) is 27.7. The fourth-order valence-corrected chi connectivity index (χ4v) is 7.44. The van der Waals surface area contributed by atoms with Crippen LogP contribution in [-0.4, -0.2) is 93.4 Å². The average molecular weight is 643 g/mol. The van der Waals surface area contributed by atoms with Crippen LogP contribution in [-0.2, 0) is 25.6 Å². The summed E-state index contributed by atoms with van der Waals surface area (Å²) >= 11 is 0. The molecule has 11 nitrogen and oxygen atoms in total. The Kier molecular flexibility index (Phi) is 10.2. The molecule has 3 fully saturated rings. The van der Waals surface area contributed by atoms with Crippen LogP contribution >= 0.6 is 0 Å². The Morgan fingerprint density at radius 2 is 1.55 bits per heavy atom. The molecule has 5 atom stereocenters. The van der Waals surface area contributed by atoms with Crippen molar-refractivity contribution >= 4 is 34.5 Å². The largest absolute Gasteiger partial charge is 0.391 e. The molecule has 5 N–H and O–H groups in total. The maximum absolute atomic E-state index is 14.3. The molecule has 2 saturated heterocycles. The van der Waals surface area contributed by atoms with Crippen molar-refractivity contribution in [1.29, 1.82) is 0 Å². The minimum absolute atomic E-state index is 0.0397. The number of carbonyl (C=O) groups excluding carboxylic acids is 4. The Morgan fingerprint density at radius 1 is 0.830 bits per heavy atom. The van der Waals surface area contributed by atoms with Crippen LogP contribution in [0.3, 0.4) is 0 Å². The molecule has 1 aromatic heterocycles. The van der Waals surface area contributed by atoms with Gasteiger partial charge in [-0.15, -0.1) is 0 Å². The highest BCUT2D eigenvalue weighted by molar-refractivity contribution is 5.95. The highest BCUT2D eigenvalue weighted by Crippen LogP contribution is 2.26. The molecule has 0 spiro atoms. The number of hydrogen-bond donors (Lipinski definition) is 5. The van der Waals surface area contributed by atoms with E-state index < -0.39 is 42.1 Å². The van der Waals surface area contributed by atoms with Crippen molar-refractivity contribution in [1.82, 2.24) is 30.7 Å². The first-order chi connectivity index (χ1) is 22.8. The van der Waals surface area contributed by atoms with E-state index in [0.717, 1.165) is 60.6 Å². The Morgan fingerprint density at radius 3 is 2.32 bits per heavy atom. The Bertz CT molecular complexity index is 1570. The summed E-state index contributed by atoms with van der Waals surface area (Å²) in [5.74, 6) is -1.60. The summed E-state index contributed by atoms with van der Waals surface area (Å²) in [6.07, 6.45) is 7.51. The molecule has 3 aromatic rings. The van der Waals surface area contributed by atoms with E-state index in [1.54, 1.807) is 6.92 Å². The van der Waals surface area contributed by atoms with E-state index in [0.29, 0.717) is 6.54 Å². The third-order valence-corrected chi connectivity index (χ3v) is 9.97. The number of benzene rings is 2. The van der Waals surface area contributed by atoms with E-state index in [1.165, 1.54) is 4.90 Å². The lowest BCUT2D eigenvalue weighted by Crippen LogP contribution is -2.56. The zero-order valence-corrected chi connectivity index (χ0v) is 27.0. The first-order valence-electron chi connectivity index (χ1n) is 17.0. The molecule has 0 bridgehead atoms. The van der Waals surface area contributed by atoms with Crippen LogP contribution < -0.4 is 16.0 Å². The quantitative estimate of drug-likeness (QED) is 0.277. The Balaban J connectivity index is 1.37. The number of nitrogens with one attached hydrogen (secondary N) is 4. The SMILES string of the molecule is C[C@@H]1NC(=O)[C@@H]2C[C@@H](O)CN2C(=O)[C@@H](Cc2c[nH]c3ccccc23)NC(=O)CN(C2CCCCCC2)C[C@@H](c2ccccc2)NC1=O. The monoisotopic (exact) mass is 642 g/mol. The van der Waals surface area contributed by atoms with Crippen LogP contribution in [0.15, 0.2) is 60.8 Å². The van der Waals surface area contributed by atoms with Crippen LogP contribution in [0.5, 0.6) is 0 Å². The standard InChI is InChI=1S/C36H46N6O5/c1-23-34(45)40-31(24-11-5-4-6-12-24)21-41(26-13-7-2-3-8-14-26)22-33(44)39-30(17-25-19-37-29-16-10-9-15-28(25)29)36(47)42-20-27(43)18-32(42)35(46)38-23/h4-6,9-12,15-16,19,23,26-27,30-32,37,43H,2-3,7-8,13-14,17-18,20-22H2,1H3,(H,38,46)(H,39,44)(H,40,45)/t23-,27+,30+,31-,32-/m0/s1. The van der Waals surface area contributed by atoms with Gasteiger partial charge >= 0.3 is 0 Å². The highest BCUT2D eigenvalue weighted by Gasteiger charge is 2.42. The van der Waals surface area contributed by atoms with Crippen molar-refractivity contribution in [2.24, 2.45) is 0 Å². The molecule has 0 unspecified atom stereocenters. The molecule has 2 aliphatic heterocycles. The van der Waals surface area contributed by atoms with E-state index >= 15 is 0 Å². The van der Waals surface area contributed by atoms with E-state index in [2.05, 4.69) is 25.8 Å². The van der Waals surface area contributed by atoms with E-state index in [4.69, 9.17) is 0 Å². The molecule has 0 radical (unpaired) electrons. The fourth-order valence-electron chi connectivity index (χ4n) is 7.44. The molecule has 11 heteroatoms. The van der Waals surface area contributed by atoms with Gasteiger partial charge < -0.3 is 30.9 Å². The summed E-state index contributed by atoms with van der Waals surface area (Å²) in [5.41, 5.74) is 2.69. The van der Waals surface area contributed by atoms with Crippen molar-refractivity contribution < 1.29 is 24.3 Å². The molecular formula is C36H46N6O5. The second-order valence-electron chi connectivity index (χ2n) is 13.4. The number of carbonyl (C=O) groups is 4. The lowest BCUT2D eigenvalue weighted by Gasteiger charge is -2.35. The Hall–Kier alpha value is -4.22. The minimum atomic E-state index is -0.979. The predicted molar refractivity (Wildman–Crippen MR) is 178 cm³/mol. The number of rotatable bonds is 4. The van der Waals surface area contributed by atoms with Gasteiger partial charge in [0.05, 0.1) is 18.7 Å². The summed E-state index contributed by atoms with van der Waals surface area (Å²) in [7, 11) is 0. The maximum atomic E-state index is 14.3. The van der Waals surface area contributed by atoms with Crippen molar-refractivity contribution in [3.05, 3.63) is 71.9 Å². The molecule has 2 aromatic carbocycles. The molecule has 3 heterocycles. The van der Waals surface area contributed by atoms with Crippen LogP contribution in [0.1, 0.15) is 69.0 Å². The van der Waals surface area contributed by atoms with Gasteiger partial charge in [0.15, 0.2) is 0 Å². The van der Waals surface area contributed by atoms with Gasteiger partial charge in [0.2, 0.25) is 23.6 Å². The summed E-state index contributed by atoms with van der Waals surface area (Å²) in [6.45, 7) is 2.04. The highest BCUT2D eigenvalue weighted by atomic mass is 16.3. The average Bonchev–Trinajstić information content (AvgIpc) is 3.55. The number of aromatic amines is 1.